The Morgan fingerprint density at radius 3 is 2.65 bits per heavy atom. The standard InChI is InChI=1S/C18H16N2O3/c1-12-8-15(13(2)21)18-19-16(9-17(22)20(18)10-12)23-11-14-6-4-3-5-7-14/h3-10H,11H2,1-2H3. The lowest BCUT2D eigenvalue weighted by molar-refractivity contribution is 0.101. The zero-order valence-corrected chi connectivity index (χ0v) is 12.9. The Bertz CT molecular complexity index is 930. The smallest absolute Gasteiger partial charge is 0.261 e. The number of benzene rings is 1. The predicted molar refractivity (Wildman–Crippen MR) is 87.0 cm³/mol. The summed E-state index contributed by atoms with van der Waals surface area (Å²) in [7, 11) is 0. The van der Waals surface area contributed by atoms with Crippen LogP contribution in [-0.4, -0.2) is 15.2 Å². The lowest BCUT2D eigenvalue weighted by Crippen LogP contribution is -2.17. The number of pyridine rings is 1. The lowest BCUT2D eigenvalue weighted by atomic mass is 10.1. The first kappa shape index (κ1) is 15.0. The molecule has 2 heterocycles. The Morgan fingerprint density at radius 2 is 1.96 bits per heavy atom. The first-order valence-electron chi connectivity index (χ1n) is 7.26. The SMILES string of the molecule is CC(=O)c1cc(C)cn2c(=O)cc(OCc3ccccc3)nc12. The minimum absolute atomic E-state index is 0.140. The molecule has 23 heavy (non-hydrogen) atoms. The van der Waals surface area contributed by atoms with Crippen molar-refractivity contribution in [3.63, 3.8) is 0 Å². The third-order valence-electron chi connectivity index (χ3n) is 3.48. The monoisotopic (exact) mass is 308 g/mol. The van der Waals surface area contributed by atoms with Crippen molar-refractivity contribution in [2.75, 3.05) is 0 Å². The number of carbonyl (C=O) groups excluding carboxylic acids is 1. The molecule has 0 aliphatic heterocycles. The Labute approximate surface area is 133 Å². The fourth-order valence-electron chi connectivity index (χ4n) is 2.38. The van der Waals surface area contributed by atoms with E-state index in [1.165, 1.54) is 17.4 Å². The van der Waals surface area contributed by atoms with Gasteiger partial charge in [-0.3, -0.25) is 14.0 Å². The number of carbonyl (C=O) groups is 1. The molecule has 0 amide bonds. The highest BCUT2D eigenvalue weighted by molar-refractivity contribution is 5.99. The van der Waals surface area contributed by atoms with Crippen LogP contribution in [0.2, 0.25) is 0 Å². The summed E-state index contributed by atoms with van der Waals surface area (Å²) < 4.78 is 6.99. The van der Waals surface area contributed by atoms with Crippen LogP contribution in [0, 0.1) is 6.92 Å². The number of hydrogen-bond acceptors (Lipinski definition) is 4. The Morgan fingerprint density at radius 1 is 1.22 bits per heavy atom. The van der Waals surface area contributed by atoms with Gasteiger partial charge in [0.25, 0.3) is 5.56 Å². The van der Waals surface area contributed by atoms with Crippen molar-refractivity contribution in [1.29, 1.82) is 0 Å². The molecule has 116 valence electrons. The number of hydrogen-bond donors (Lipinski definition) is 0. The van der Waals surface area contributed by atoms with Gasteiger partial charge < -0.3 is 4.74 Å². The second-order valence-electron chi connectivity index (χ2n) is 5.39. The van der Waals surface area contributed by atoms with Gasteiger partial charge in [-0.15, -0.1) is 0 Å². The maximum atomic E-state index is 12.3. The Balaban J connectivity index is 2.03. The van der Waals surface area contributed by atoms with E-state index < -0.39 is 0 Å². The first-order chi connectivity index (χ1) is 11.0. The first-order valence-corrected chi connectivity index (χ1v) is 7.26. The summed E-state index contributed by atoms with van der Waals surface area (Å²) in [5.41, 5.74) is 2.25. The van der Waals surface area contributed by atoms with Crippen molar-refractivity contribution in [2.45, 2.75) is 20.5 Å². The highest BCUT2D eigenvalue weighted by Crippen LogP contribution is 2.15. The molecule has 1 aromatic carbocycles. The van der Waals surface area contributed by atoms with Crippen LogP contribution >= 0.6 is 0 Å². The maximum Gasteiger partial charge on any atom is 0.261 e. The van der Waals surface area contributed by atoms with E-state index in [1.807, 2.05) is 37.3 Å². The van der Waals surface area contributed by atoms with Gasteiger partial charge in [-0.25, -0.2) is 0 Å². The van der Waals surface area contributed by atoms with Gasteiger partial charge in [0.1, 0.15) is 6.61 Å². The Hall–Kier alpha value is -2.95. The van der Waals surface area contributed by atoms with Crippen LogP contribution in [0.4, 0.5) is 0 Å². The summed E-state index contributed by atoms with van der Waals surface area (Å²) in [6.07, 6.45) is 1.66. The van der Waals surface area contributed by atoms with Crippen LogP contribution in [-0.2, 0) is 6.61 Å². The topological polar surface area (TPSA) is 60.7 Å². The molecule has 3 rings (SSSR count). The molecule has 0 saturated carbocycles. The molecule has 0 atom stereocenters. The zero-order chi connectivity index (χ0) is 16.4. The highest BCUT2D eigenvalue weighted by Gasteiger charge is 2.12. The van der Waals surface area contributed by atoms with Crippen LogP contribution in [0.25, 0.3) is 5.65 Å². The van der Waals surface area contributed by atoms with Crippen molar-refractivity contribution >= 4 is 11.4 Å². The summed E-state index contributed by atoms with van der Waals surface area (Å²) in [6, 6.07) is 12.7. The van der Waals surface area contributed by atoms with Gasteiger partial charge in [0.2, 0.25) is 5.88 Å². The number of ether oxygens (including phenoxy) is 1. The number of rotatable bonds is 4. The van der Waals surface area contributed by atoms with Crippen molar-refractivity contribution in [1.82, 2.24) is 9.38 Å². The van der Waals surface area contributed by atoms with Gasteiger partial charge in [0.15, 0.2) is 11.4 Å². The second kappa shape index (κ2) is 6.04. The number of Topliss-reactive ketones (excluding diaryl/α,β-unsaturated/α-hetero) is 1. The molecule has 0 radical (unpaired) electrons. The van der Waals surface area contributed by atoms with Gasteiger partial charge in [-0.1, -0.05) is 30.3 Å². The van der Waals surface area contributed by atoms with Gasteiger partial charge in [0, 0.05) is 6.20 Å². The van der Waals surface area contributed by atoms with Crippen LogP contribution in [0.5, 0.6) is 5.88 Å². The van der Waals surface area contributed by atoms with E-state index in [0.29, 0.717) is 17.8 Å². The van der Waals surface area contributed by atoms with Crippen molar-refractivity contribution in [3.8, 4) is 5.88 Å². The molecule has 5 heteroatoms. The average Bonchev–Trinajstić information content (AvgIpc) is 2.54. The third kappa shape index (κ3) is 3.13. The molecule has 5 nitrogen and oxygen atoms in total. The molecular formula is C18H16N2O3. The molecule has 0 unspecified atom stereocenters. The molecule has 0 bridgehead atoms. The highest BCUT2D eigenvalue weighted by atomic mass is 16.5. The van der Waals surface area contributed by atoms with Crippen molar-refractivity contribution in [3.05, 3.63) is 75.7 Å². The van der Waals surface area contributed by atoms with E-state index in [0.717, 1.165) is 11.1 Å². The number of nitrogens with zero attached hydrogens (tertiary/aromatic N) is 2. The summed E-state index contributed by atoms with van der Waals surface area (Å²) in [5, 5.41) is 0. The molecule has 0 saturated heterocycles. The molecule has 0 aliphatic rings. The molecule has 0 spiro atoms. The van der Waals surface area contributed by atoms with Crippen LogP contribution in [0.15, 0.2) is 53.5 Å². The number of aryl methyl sites for hydroxylation is 1. The number of aromatic nitrogens is 2. The van der Waals surface area contributed by atoms with Crippen LogP contribution < -0.4 is 10.3 Å². The van der Waals surface area contributed by atoms with E-state index >= 15 is 0 Å². The molecule has 0 aliphatic carbocycles. The molecule has 3 aromatic rings. The van der Waals surface area contributed by atoms with Crippen LogP contribution in [0.3, 0.4) is 0 Å². The van der Waals surface area contributed by atoms with Crippen LogP contribution in [0.1, 0.15) is 28.4 Å². The quantitative estimate of drug-likeness (QED) is 0.695. The molecule has 2 aromatic heterocycles. The summed E-state index contributed by atoms with van der Waals surface area (Å²) in [6.45, 7) is 3.60. The Kier molecular flexibility index (Phi) is 3.93. The fraction of sp³-hybridized carbons (Fsp3) is 0.167. The number of fused-ring (bicyclic) bond motifs is 1. The van der Waals surface area contributed by atoms with Crippen molar-refractivity contribution < 1.29 is 9.53 Å². The van der Waals surface area contributed by atoms with Gasteiger partial charge in [-0.05, 0) is 31.0 Å². The fourth-order valence-corrected chi connectivity index (χ4v) is 2.38. The van der Waals surface area contributed by atoms with E-state index in [4.69, 9.17) is 4.74 Å². The van der Waals surface area contributed by atoms with E-state index in [2.05, 4.69) is 4.98 Å². The summed E-state index contributed by atoms with van der Waals surface area (Å²) in [4.78, 5) is 28.4. The minimum atomic E-state index is -0.274. The van der Waals surface area contributed by atoms with E-state index in [9.17, 15) is 9.59 Å². The minimum Gasteiger partial charge on any atom is -0.473 e. The summed E-state index contributed by atoms with van der Waals surface area (Å²) >= 11 is 0. The van der Waals surface area contributed by atoms with Gasteiger partial charge in [-0.2, -0.15) is 4.98 Å². The van der Waals surface area contributed by atoms with Gasteiger partial charge in [0.05, 0.1) is 11.6 Å². The maximum absolute atomic E-state index is 12.3. The average molecular weight is 308 g/mol. The van der Waals surface area contributed by atoms with E-state index in [-0.39, 0.29) is 17.2 Å². The largest absolute Gasteiger partial charge is 0.473 e. The van der Waals surface area contributed by atoms with E-state index in [1.54, 1.807) is 12.3 Å². The van der Waals surface area contributed by atoms with Gasteiger partial charge >= 0.3 is 0 Å². The third-order valence-corrected chi connectivity index (χ3v) is 3.48. The normalized spacial score (nSPS) is 10.7. The lowest BCUT2D eigenvalue weighted by Gasteiger charge is -2.09. The second-order valence-corrected chi connectivity index (χ2v) is 5.39. The molecular weight excluding hydrogens is 292 g/mol. The molecule has 0 fully saturated rings. The number of ketones is 1. The summed E-state index contributed by atoms with van der Waals surface area (Å²) in [5.74, 6) is 0.0727. The van der Waals surface area contributed by atoms with Crippen molar-refractivity contribution in [2.24, 2.45) is 0 Å². The predicted octanol–water partition coefficient (Wildman–Crippen LogP) is 2.78. The molecule has 0 N–H and O–H groups in total. The zero-order valence-electron chi connectivity index (χ0n) is 12.9.